The third kappa shape index (κ3) is 6.79. The number of esters is 1. The number of amides is 2. The van der Waals surface area contributed by atoms with Crippen molar-refractivity contribution >= 4 is 46.0 Å². The maximum atomic E-state index is 15.4. The Hall–Kier alpha value is -3.43. The molecule has 1 saturated heterocycles. The van der Waals surface area contributed by atoms with E-state index in [0.717, 1.165) is 49.4 Å². The number of aromatic nitrogens is 1. The summed E-state index contributed by atoms with van der Waals surface area (Å²) < 4.78 is 28.4. The SMILES string of the molecule is COC(=O)[C@H]1CC[C@H](OC[C@@H]2CC[C@H](C(C)C)N2C(=O)Cc2cc(Cl)c(NC(=O)c3cn(C)c4ccccc34)cc2F)CC1. The normalized spacial score (nSPS) is 22.0. The Bertz CT molecular complexity index is 1530. The van der Waals surface area contributed by atoms with E-state index in [1.165, 1.54) is 19.2 Å². The van der Waals surface area contributed by atoms with Gasteiger partial charge in [0.1, 0.15) is 5.82 Å². The Kier molecular flexibility index (Phi) is 9.95. The molecule has 2 atom stereocenters. The summed E-state index contributed by atoms with van der Waals surface area (Å²) in [6.07, 6.45) is 6.32. The molecule has 0 unspecified atom stereocenters. The van der Waals surface area contributed by atoms with Crippen LogP contribution in [0.2, 0.25) is 5.02 Å². The summed E-state index contributed by atoms with van der Waals surface area (Å²) in [4.78, 5) is 40.6. The zero-order chi connectivity index (χ0) is 31.5. The van der Waals surface area contributed by atoms with Gasteiger partial charge in [-0.05, 0) is 68.2 Å². The van der Waals surface area contributed by atoms with Crippen LogP contribution in [0.3, 0.4) is 0 Å². The number of ether oxygens (including phenoxy) is 2. The van der Waals surface area contributed by atoms with Crippen LogP contribution >= 0.6 is 11.6 Å². The number of hydrogen-bond donors (Lipinski definition) is 1. The maximum Gasteiger partial charge on any atom is 0.308 e. The third-order valence-electron chi connectivity index (χ3n) is 9.20. The summed E-state index contributed by atoms with van der Waals surface area (Å²) in [6.45, 7) is 4.59. The number of carbonyl (C=O) groups excluding carboxylic acids is 3. The summed E-state index contributed by atoms with van der Waals surface area (Å²) in [5.41, 5.74) is 1.68. The molecule has 2 aromatic carbocycles. The molecular weight excluding hydrogens is 585 g/mol. The highest BCUT2D eigenvalue weighted by Crippen LogP contribution is 2.34. The summed E-state index contributed by atoms with van der Waals surface area (Å²) >= 11 is 6.52. The van der Waals surface area contributed by atoms with Gasteiger partial charge in [-0.25, -0.2) is 4.39 Å². The van der Waals surface area contributed by atoms with Crippen LogP contribution in [0.1, 0.15) is 68.3 Å². The Balaban J connectivity index is 1.24. The van der Waals surface area contributed by atoms with Crippen molar-refractivity contribution in [1.29, 1.82) is 0 Å². The molecule has 2 fully saturated rings. The Morgan fingerprint density at radius 3 is 2.50 bits per heavy atom. The largest absolute Gasteiger partial charge is 0.469 e. The van der Waals surface area contributed by atoms with Crippen molar-refractivity contribution in [3.8, 4) is 0 Å². The van der Waals surface area contributed by atoms with Gasteiger partial charge in [-0.15, -0.1) is 0 Å². The first-order valence-electron chi connectivity index (χ1n) is 15.4. The molecule has 1 N–H and O–H groups in total. The molecule has 10 heteroatoms. The lowest BCUT2D eigenvalue weighted by molar-refractivity contribution is -0.148. The molecule has 1 aromatic heterocycles. The number of aryl methyl sites for hydroxylation is 1. The fraction of sp³-hybridized carbons (Fsp3) is 0.500. The van der Waals surface area contributed by atoms with Crippen LogP contribution < -0.4 is 5.32 Å². The maximum absolute atomic E-state index is 15.4. The molecule has 236 valence electrons. The zero-order valence-electron chi connectivity index (χ0n) is 25.8. The Labute approximate surface area is 262 Å². The number of benzene rings is 2. The molecule has 2 amide bonds. The molecule has 1 aliphatic carbocycles. The minimum atomic E-state index is -0.605. The van der Waals surface area contributed by atoms with Gasteiger partial charge < -0.3 is 24.3 Å². The van der Waals surface area contributed by atoms with E-state index in [1.807, 2.05) is 40.8 Å². The van der Waals surface area contributed by atoms with Crippen molar-refractivity contribution in [3.63, 3.8) is 0 Å². The third-order valence-corrected chi connectivity index (χ3v) is 9.52. The van der Waals surface area contributed by atoms with Gasteiger partial charge in [0.15, 0.2) is 0 Å². The van der Waals surface area contributed by atoms with Gasteiger partial charge in [0.25, 0.3) is 5.91 Å². The molecule has 0 bridgehead atoms. The molecule has 8 nitrogen and oxygen atoms in total. The second-order valence-corrected chi connectivity index (χ2v) is 12.8. The summed E-state index contributed by atoms with van der Waals surface area (Å²) in [6, 6.07) is 10.1. The van der Waals surface area contributed by atoms with E-state index in [4.69, 9.17) is 21.1 Å². The van der Waals surface area contributed by atoms with Crippen LogP contribution in [0.4, 0.5) is 10.1 Å². The number of carbonyl (C=O) groups is 3. The van der Waals surface area contributed by atoms with Crippen LogP contribution in [0.25, 0.3) is 10.9 Å². The first kappa shape index (κ1) is 32.0. The number of hydrogen-bond acceptors (Lipinski definition) is 5. The van der Waals surface area contributed by atoms with Crippen LogP contribution in [0, 0.1) is 17.7 Å². The number of likely N-dealkylation sites (tertiary alicyclic amines) is 1. The van der Waals surface area contributed by atoms with E-state index in [1.54, 1.807) is 6.20 Å². The van der Waals surface area contributed by atoms with Gasteiger partial charge in [0, 0.05) is 30.2 Å². The van der Waals surface area contributed by atoms with Crippen LogP contribution in [-0.4, -0.2) is 59.2 Å². The Morgan fingerprint density at radius 2 is 1.80 bits per heavy atom. The fourth-order valence-electron chi connectivity index (χ4n) is 6.78. The van der Waals surface area contributed by atoms with Crippen molar-refractivity contribution in [1.82, 2.24) is 9.47 Å². The molecule has 0 radical (unpaired) electrons. The number of methoxy groups -OCH3 is 1. The fourth-order valence-corrected chi connectivity index (χ4v) is 7.02. The molecule has 44 heavy (non-hydrogen) atoms. The lowest BCUT2D eigenvalue weighted by atomic mass is 9.87. The molecule has 0 spiro atoms. The molecule has 2 aliphatic rings. The highest BCUT2D eigenvalue weighted by atomic mass is 35.5. The van der Waals surface area contributed by atoms with Gasteiger partial charge in [0.05, 0.1) is 54.5 Å². The van der Waals surface area contributed by atoms with E-state index in [-0.39, 0.29) is 64.6 Å². The Morgan fingerprint density at radius 1 is 1.07 bits per heavy atom. The van der Waals surface area contributed by atoms with Crippen LogP contribution in [-0.2, 0) is 32.5 Å². The second kappa shape index (κ2) is 13.7. The number of nitrogens with zero attached hydrogens (tertiary/aromatic N) is 2. The van der Waals surface area contributed by atoms with Crippen LogP contribution in [0.15, 0.2) is 42.6 Å². The smallest absolute Gasteiger partial charge is 0.308 e. The van der Waals surface area contributed by atoms with Gasteiger partial charge in [-0.2, -0.15) is 0 Å². The number of fused-ring (bicyclic) bond motifs is 1. The first-order valence-corrected chi connectivity index (χ1v) is 15.8. The molecule has 5 rings (SSSR count). The monoisotopic (exact) mass is 625 g/mol. The van der Waals surface area contributed by atoms with Crippen molar-refractivity contribution < 1.29 is 28.2 Å². The van der Waals surface area contributed by atoms with E-state index < -0.39 is 11.7 Å². The van der Waals surface area contributed by atoms with E-state index >= 15 is 4.39 Å². The van der Waals surface area contributed by atoms with E-state index in [9.17, 15) is 14.4 Å². The number of rotatable bonds is 9. The quantitative estimate of drug-likeness (QED) is 0.273. The number of anilines is 1. The zero-order valence-corrected chi connectivity index (χ0v) is 26.5. The average Bonchev–Trinajstić information content (AvgIpc) is 3.60. The van der Waals surface area contributed by atoms with Gasteiger partial charge in [-0.3, -0.25) is 14.4 Å². The van der Waals surface area contributed by atoms with Crippen molar-refractivity contribution in [2.75, 3.05) is 19.0 Å². The van der Waals surface area contributed by atoms with Gasteiger partial charge in [-0.1, -0.05) is 43.6 Å². The van der Waals surface area contributed by atoms with Crippen LogP contribution in [0.5, 0.6) is 0 Å². The second-order valence-electron chi connectivity index (χ2n) is 12.4. The number of nitrogens with one attached hydrogen (secondary N) is 1. The lowest BCUT2D eigenvalue weighted by Crippen LogP contribution is -2.46. The van der Waals surface area contributed by atoms with E-state index in [2.05, 4.69) is 19.2 Å². The average molecular weight is 626 g/mol. The molecule has 1 saturated carbocycles. The molecule has 3 aromatic rings. The summed E-state index contributed by atoms with van der Waals surface area (Å²) in [5, 5.41) is 3.68. The minimum absolute atomic E-state index is 0.0314. The number of halogens is 2. The summed E-state index contributed by atoms with van der Waals surface area (Å²) in [7, 11) is 3.28. The van der Waals surface area contributed by atoms with Crippen molar-refractivity contribution in [2.45, 2.75) is 77.0 Å². The molecular formula is C34H41ClFN3O5. The summed E-state index contributed by atoms with van der Waals surface area (Å²) in [5.74, 6) is -1.18. The first-order chi connectivity index (χ1) is 21.1. The van der Waals surface area contributed by atoms with Gasteiger partial charge in [0.2, 0.25) is 5.91 Å². The molecule has 1 aliphatic heterocycles. The lowest BCUT2D eigenvalue weighted by Gasteiger charge is -2.34. The van der Waals surface area contributed by atoms with E-state index in [0.29, 0.717) is 12.2 Å². The molecule has 2 heterocycles. The standard InChI is InChI=1S/C34H41ClFN3O5/c1-20(2)30-14-11-23(19-44-24-12-9-21(10-13-24)34(42)43-4)39(30)32(40)16-22-15-27(35)29(17-28(22)36)37-33(41)26-18-38(3)31-8-6-5-7-25(26)31/h5-8,15,17-18,20-21,23-24,30H,9-14,16,19H2,1-4H3,(H,37,41)/t21-,23-,24-,30+/m0/s1. The predicted octanol–water partition coefficient (Wildman–Crippen LogP) is 6.53. The van der Waals surface area contributed by atoms with Crippen molar-refractivity contribution in [2.24, 2.45) is 18.9 Å². The van der Waals surface area contributed by atoms with Gasteiger partial charge >= 0.3 is 5.97 Å². The topological polar surface area (TPSA) is 89.9 Å². The highest BCUT2D eigenvalue weighted by Gasteiger charge is 2.39. The predicted molar refractivity (Wildman–Crippen MR) is 168 cm³/mol. The minimum Gasteiger partial charge on any atom is -0.469 e. The highest BCUT2D eigenvalue weighted by molar-refractivity contribution is 6.34. The van der Waals surface area contributed by atoms with Crippen molar-refractivity contribution in [3.05, 3.63) is 64.6 Å². The number of para-hydroxylation sites is 1.